The lowest BCUT2D eigenvalue weighted by Gasteiger charge is -2.32. The van der Waals surface area contributed by atoms with Gasteiger partial charge in [-0.25, -0.2) is 0 Å². The summed E-state index contributed by atoms with van der Waals surface area (Å²) in [5.41, 5.74) is 1.52. The van der Waals surface area contributed by atoms with Crippen LogP contribution in [0.25, 0.3) is 0 Å². The van der Waals surface area contributed by atoms with E-state index in [2.05, 4.69) is 38.7 Å². The van der Waals surface area contributed by atoms with Gasteiger partial charge < -0.3 is 9.64 Å². The van der Waals surface area contributed by atoms with Crippen LogP contribution in [0.2, 0.25) is 0 Å². The van der Waals surface area contributed by atoms with E-state index < -0.39 is 0 Å². The average molecular weight is 211 g/mol. The second-order valence-corrected chi connectivity index (χ2v) is 5.10. The van der Waals surface area contributed by atoms with Crippen LogP contribution in [0.15, 0.2) is 11.8 Å². The summed E-state index contributed by atoms with van der Waals surface area (Å²) < 4.78 is 5.39. The summed E-state index contributed by atoms with van der Waals surface area (Å²) in [5.74, 6) is 1.37. The zero-order valence-electron chi connectivity index (χ0n) is 10.6. The van der Waals surface area contributed by atoms with Gasteiger partial charge in [-0.2, -0.15) is 0 Å². The molecular weight excluding hydrogens is 186 g/mol. The van der Waals surface area contributed by atoms with E-state index in [9.17, 15) is 0 Å². The topological polar surface area (TPSA) is 12.5 Å². The van der Waals surface area contributed by atoms with Gasteiger partial charge in [0.25, 0.3) is 0 Å². The molecule has 0 radical (unpaired) electrons. The number of hydrogen-bond donors (Lipinski definition) is 0. The van der Waals surface area contributed by atoms with E-state index in [0.29, 0.717) is 5.92 Å². The summed E-state index contributed by atoms with van der Waals surface area (Å²) in [6.07, 6.45) is 3.60. The van der Waals surface area contributed by atoms with Gasteiger partial charge in [-0.1, -0.05) is 33.8 Å². The van der Waals surface area contributed by atoms with E-state index >= 15 is 0 Å². The van der Waals surface area contributed by atoms with Crippen molar-refractivity contribution in [2.75, 3.05) is 26.3 Å². The lowest BCUT2D eigenvalue weighted by atomic mass is 10.0. The van der Waals surface area contributed by atoms with Crippen molar-refractivity contribution < 1.29 is 4.74 Å². The van der Waals surface area contributed by atoms with Gasteiger partial charge in [0.05, 0.1) is 13.2 Å². The zero-order valence-corrected chi connectivity index (χ0v) is 10.6. The number of allylic oxidation sites excluding steroid dienone is 2. The zero-order chi connectivity index (χ0) is 11.3. The number of rotatable bonds is 4. The van der Waals surface area contributed by atoms with Crippen LogP contribution in [0.1, 0.15) is 34.1 Å². The fourth-order valence-electron chi connectivity index (χ4n) is 1.96. The third-order valence-corrected chi connectivity index (χ3v) is 2.56. The molecule has 88 valence electrons. The third-order valence-electron chi connectivity index (χ3n) is 2.56. The molecule has 0 saturated carbocycles. The van der Waals surface area contributed by atoms with E-state index in [1.165, 1.54) is 12.1 Å². The highest BCUT2D eigenvalue weighted by atomic mass is 16.5. The summed E-state index contributed by atoms with van der Waals surface area (Å²) in [4.78, 5) is 2.49. The second-order valence-electron chi connectivity index (χ2n) is 5.10. The molecule has 0 spiro atoms. The highest BCUT2D eigenvalue weighted by Gasteiger charge is 2.14. The number of nitrogens with zero attached hydrogens (tertiary/aromatic N) is 1. The van der Waals surface area contributed by atoms with E-state index in [1.807, 2.05) is 0 Å². The molecule has 1 aliphatic heterocycles. The van der Waals surface area contributed by atoms with Crippen molar-refractivity contribution in [2.24, 2.45) is 11.8 Å². The Hall–Kier alpha value is -0.500. The SMILES string of the molecule is CC(C)/C=C(\CC(C)C)N1CCOCC1. The molecule has 0 aromatic heterocycles. The van der Waals surface area contributed by atoms with Gasteiger partial charge in [0, 0.05) is 18.8 Å². The molecule has 15 heavy (non-hydrogen) atoms. The molecule has 1 aliphatic rings. The molecular formula is C13H25NO. The first kappa shape index (κ1) is 12.6. The van der Waals surface area contributed by atoms with Crippen LogP contribution in [-0.2, 0) is 4.74 Å². The van der Waals surface area contributed by atoms with Crippen molar-refractivity contribution >= 4 is 0 Å². The fraction of sp³-hybridized carbons (Fsp3) is 0.846. The minimum absolute atomic E-state index is 0.640. The first-order chi connectivity index (χ1) is 7.09. The maximum atomic E-state index is 5.39. The molecule has 0 amide bonds. The Balaban J connectivity index is 2.61. The quantitative estimate of drug-likeness (QED) is 0.709. The first-order valence-electron chi connectivity index (χ1n) is 6.13. The van der Waals surface area contributed by atoms with Crippen molar-refractivity contribution in [3.05, 3.63) is 11.8 Å². The lowest BCUT2D eigenvalue weighted by Crippen LogP contribution is -2.36. The minimum Gasteiger partial charge on any atom is -0.378 e. The number of hydrogen-bond acceptors (Lipinski definition) is 2. The van der Waals surface area contributed by atoms with Gasteiger partial charge in [0.1, 0.15) is 0 Å². The largest absolute Gasteiger partial charge is 0.378 e. The van der Waals surface area contributed by atoms with E-state index in [-0.39, 0.29) is 0 Å². The Labute approximate surface area is 94.3 Å². The predicted octanol–water partition coefficient (Wildman–Crippen LogP) is 2.90. The predicted molar refractivity (Wildman–Crippen MR) is 64.8 cm³/mol. The molecule has 2 heteroatoms. The highest BCUT2D eigenvalue weighted by Crippen LogP contribution is 2.18. The number of ether oxygens (including phenoxy) is 1. The Kier molecular flexibility index (Phi) is 5.16. The van der Waals surface area contributed by atoms with Gasteiger partial charge in [-0.15, -0.1) is 0 Å². The Bertz CT molecular complexity index is 203. The van der Waals surface area contributed by atoms with Crippen molar-refractivity contribution in [1.29, 1.82) is 0 Å². The summed E-state index contributed by atoms with van der Waals surface area (Å²) in [6, 6.07) is 0. The molecule has 0 aromatic rings. The normalized spacial score (nSPS) is 19.1. The summed E-state index contributed by atoms with van der Waals surface area (Å²) >= 11 is 0. The summed E-state index contributed by atoms with van der Waals surface area (Å²) in [5, 5.41) is 0. The molecule has 1 fully saturated rings. The lowest BCUT2D eigenvalue weighted by molar-refractivity contribution is 0.0509. The van der Waals surface area contributed by atoms with Crippen molar-refractivity contribution in [3.8, 4) is 0 Å². The first-order valence-corrected chi connectivity index (χ1v) is 6.13. The van der Waals surface area contributed by atoms with Gasteiger partial charge in [-0.3, -0.25) is 0 Å². The molecule has 1 saturated heterocycles. The van der Waals surface area contributed by atoms with E-state index in [4.69, 9.17) is 4.74 Å². The van der Waals surface area contributed by atoms with Crippen molar-refractivity contribution in [3.63, 3.8) is 0 Å². The summed E-state index contributed by atoms with van der Waals surface area (Å²) in [7, 11) is 0. The second kappa shape index (κ2) is 6.16. The van der Waals surface area contributed by atoms with Crippen LogP contribution in [0.5, 0.6) is 0 Å². The van der Waals surface area contributed by atoms with Crippen molar-refractivity contribution in [1.82, 2.24) is 4.90 Å². The average Bonchev–Trinajstić information content (AvgIpc) is 2.17. The highest BCUT2D eigenvalue weighted by molar-refractivity contribution is 5.04. The van der Waals surface area contributed by atoms with Crippen LogP contribution in [0.3, 0.4) is 0 Å². The molecule has 0 aromatic carbocycles. The maximum absolute atomic E-state index is 5.39. The molecule has 1 rings (SSSR count). The van der Waals surface area contributed by atoms with E-state index in [1.54, 1.807) is 0 Å². The standard InChI is InChI=1S/C13H25NO/c1-11(2)9-13(10-12(3)4)14-5-7-15-8-6-14/h9,11-12H,5-8,10H2,1-4H3/b13-9+. The van der Waals surface area contributed by atoms with Gasteiger partial charge in [0.2, 0.25) is 0 Å². The molecule has 0 aliphatic carbocycles. The monoisotopic (exact) mass is 211 g/mol. The number of morpholine rings is 1. The molecule has 0 bridgehead atoms. The fourth-order valence-corrected chi connectivity index (χ4v) is 1.96. The molecule has 0 N–H and O–H groups in total. The maximum Gasteiger partial charge on any atom is 0.0642 e. The molecule has 0 unspecified atom stereocenters. The Morgan fingerprint density at radius 2 is 1.80 bits per heavy atom. The third kappa shape index (κ3) is 4.70. The van der Waals surface area contributed by atoms with Gasteiger partial charge in [0.15, 0.2) is 0 Å². The Morgan fingerprint density at radius 3 is 2.27 bits per heavy atom. The van der Waals surface area contributed by atoms with Crippen LogP contribution in [0, 0.1) is 11.8 Å². The minimum atomic E-state index is 0.640. The van der Waals surface area contributed by atoms with Gasteiger partial charge in [-0.05, 0) is 18.3 Å². The molecule has 0 atom stereocenters. The molecule has 1 heterocycles. The summed E-state index contributed by atoms with van der Waals surface area (Å²) in [6.45, 7) is 13.0. The Morgan fingerprint density at radius 1 is 1.20 bits per heavy atom. The van der Waals surface area contributed by atoms with E-state index in [0.717, 1.165) is 32.2 Å². The van der Waals surface area contributed by atoms with Crippen LogP contribution in [0.4, 0.5) is 0 Å². The molecule has 2 nitrogen and oxygen atoms in total. The smallest absolute Gasteiger partial charge is 0.0642 e. The van der Waals surface area contributed by atoms with Crippen LogP contribution in [-0.4, -0.2) is 31.2 Å². The van der Waals surface area contributed by atoms with Crippen LogP contribution >= 0.6 is 0 Å². The van der Waals surface area contributed by atoms with Gasteiger partial charge >= 0.3 is 0 Å². The van der Waals surface area contributed by atoms with Crippen molar-refractivity contribution in [2.45, 2.75) is 34.1 Å². The van der Waals surface area contributed by atoms with Crippen LogP contribution < -0.4 is 0 Å².